The van der Waals surface area contributed by atoms with E-state index in [1.165, 1.54) is 0 Å². The number of para-hydroxylation sites is 1. The minimum absolute atomic E-state index is 0.260. The summed E-state index contributed by atoms with van der Waals surface area (Å²) in [5.74, 6) is 0. The van der Waals surface area contributed by atoms with Crippen molar-refractivity contribution in [3.63, 3.8) is 0 Å². The van der Waals surface area contributed by atoms with E-state index in [4.69, 9.17) is 0 Å². The van der Waals surface area contributed by atoms with Gasteiger partial charge < -0.3 is 5.32 Å². The van der Waals surface area contributed by atoms with Crippen LogP contribution < -0.4 is 5.32 Å². The monoisotopic (exact) mass is 153 g/mol. The number of halogens is 1. The normalized spacial score (nSPS) is 9.18. The zero-order valence-electron chi connectivity index (χ0n) is 5.88. The van der Waals surface area contributed by atoms with Gasteiger partial charge in [-0.15, -0.1) is 0 Å². The van der Waals surface area contributed by atoms with Crippen molar-refractivity contribution in [2.45, 2.75) is 0 Å². The summed E-state index contributed by atoms with van der Waals surface area (Å²) in [7, 11) is 0. The van der Waals surface area contributed by atoms with Gasteiger partial charge in [-0.1, -0.05) is 18.2 Å². The molecule has 0 amide bonds. The summed E-state index contributed by atoms with van der Waals surface area (Å²) in [5, 5.41) is 2.62. The summed E-state index contributed by atoms with van der Waals surface area (Å²) in [6.45, 7) is -0.260. The third-order valence-electron chi connectivity index (χ3n) is 1.21. The quantitative estimate of drug-likeness (QED) is 0.668. The lowest BCUT2D eigenvalue weighted by Crippen LogP contribution is -2.08. The molecule has 58 valence electrons. The number of nitrogens with one attached hydrogen (secondary N) is 1. The number of carbonyl (C=O) groups is 1. The molecule has 0 aliphatic carbocycles. The molecule has 0 aliphatic rings. The molecule has 3 heteroatoms. The molecule has 1 aromatic carbocycles. The Morgan fingerprint density at radius 2 is 2.00 bits per heavy atom. The molecule has 0 saturated carbocycles. The van der Waals surface area contributed by atoms with Crippen molar-refractivity contribution in [3.05, 3.63) is 30.3 Å². The summed E-state index contributed by atoms with van der Waals surface area (Å²) in [6.07, 6.45) is 0. The minimum Gasteiger partial charge on any atom is -0.375 e. The van der Waals surface area contributed by atoms with E-state index in [9.17, 15) is 9.18 Å². The van der Waals surface area contributed by atoms with Crippen molar-refractivity contribution >= 4 is 11.7 Å². The molecule has 0 heterocycles. The van der Waals surface area contributed by atoms with E-state index >= 15 is 0 Å². The Bertz CT molecular complexity index is 235. The van der Waals surface area contributed by atoms with Gasteiger partial charge in [0.1, 0.15) is 6.54 Å². The Balaban J connectivity index is 2.45. The summed E-state index contributed by atoms with van der Waals surface area (Å²) >= 11 is 0. The fourth-order valence-electron chi connectivity index (χ4n) is 0.728. The lowest BCUT2D eigenvalue weighted by atomic mass is 10.3. The number of hydrogen-bond donors (Lipinski definition) is 1. The molecule has 1 N–H and O–H groups in total. The van der Waals surface area contributed by atoms with E-state index in [1.807, 2.05) is 18.2 Å². The summed E-state index contributed by atoms with van der Waals surface area (Å²) in [4.78, 5) is 9.89. The van der Waals surface area contributed by atoms with Crippen molar-refractivity contribution in [2.24, 2.45) is 0 Å². The fourth-order valence-corrected chi connectivity index (χ4v) is 0.728. The van der Waals surface area contributed by atoms with Crippen LogP contribution in [0.3, 0.4) is 0 Å². The van der Waals surface area contributed by atoms with Crippen LogP contribution in [-0.2, 0) is 4.79 Å². The number of hydrogen-bond acceptors (Lipinski definition) is 2. The molecule has 0 radical (unpaired) electrons. The van der Waals surface area contributed by atoms with E-state index < -0.39 is 6.04 Å². The van der Waals surface area contributed by atoms with Crippen LogP contribution in [0.25, 0.3) is 0 Å². The number of benzene rings is 1. The predicted molar refractivity (Wildman–Crippen MR) is 41.0 cm³/mol. The lowest BCUT2D eigenvalue weighted by Gasteiger charge is -1.99. The smallest absolute Gasteiger partial charge is 0.320 e. The largest absolute Gasteiger partial charge is 0.375 e. The predicted octanol–water partition coefficient (Wildman–Crippen LogP) is 1.59. The Morgan fingerprint density at radius 1 is 1.36 bits per heavy atom. The van der Waals surface area contributed by atoms with E-state index in [2.05, 4.69) is 5.32 Å². The molecule has 1 aromatic rings. The first kappa shape index (κ1) is 7.72. The highest BCUT2D eigenvalue weighted by atomic mass is 19.1. The second-order valence-corrected chi connectivity index (χ2v) is 2.07. The second-order valence-electron chi connectivity index (χ2n) is 2.07. The minimum atomic E-state index is -1.35. The average molecular weight is 153 g/mol. The third kappa shape index (κ3) is 2.80. The van der Waals surface area contributed by atoms with Crippen LogP contribution in [0, 0.1) is 0 Å². The van der Waals surface area contributed by atoms with E-state index in [-0.39, 0.29) is 6.54 Å². The van der Waals surface area contributed by atoms with Gasteiger partial charge in [0.05, 0.1) is 0 Å². The van der Waals surface area contributed by atoms with Crippen LogP contribution >= 0.6 is 0 Å². The molecule has 0 saturated heterocycles. The first-order chi connectivity index (χ1) is 5.29. The first-order valence-electron chi connectivity index (χ1n) is 3.26. The molecular formula is C8H8FNO. The number of carbonyl (C=O) groups excluding carboxylic acids is 1. The summed E-state index contributed by atoms with van der Waals surface area (Å²) in [6, 6.07) is 7.65. The van der Waals surface area contributed by atoms with Crippen LogP contribution in [0.4, 0.5) is 10.1 Å². The lowest BCUT2D eigenvalue weighted by molar-refractivity contribution is -0.127. The maximum Gasteiger partial charge on any atom is 0.320 e. The van der Waals surface area contributed by atoms with Crippen LogP contribution in [0.1, 0.15) is 0 Å². The van der Waals surface area contributed by atoms with Crippen molar-refractivity contribution in [3.8, 4) is 0 Å². The highest BCUT2D eigenvalue weighted by Crippen LogP contribution is 2.03. The molecule has 0 unspecified atom stereocenters. The molecule has 0 aliphatic heterocycles. The Labute approximate surface area is 64.0 Å². The van der Waals surface area contributed by atoms with E-state index in [0.717, 1.165) is 5.69 Å². The van der Waals surface area contributed by atoms with E-state index in [1.54, 1.807) is 12.1 Å². The Hall–Kier alpha value is -1.38. The highest BCUT2D eigenvalue weighted by Gasteiger charge is 1.95. The number of anilines is 1. The van der Waals surface area contributed by atoms with Crippen LogP contribution in [0.15, 0.2) is 30.3 Å². The number of rotatable bonds is 3. The van der Waals surface area contributed by atoms with Crippen molar-refractivity contribution < 1.29 is 9.18 Å². The molecule has 0 aromatic heterocycles. The molecule has 0 spiro atoms. The maximum absolute atomic E-state index is 11.7. The van der Waals surface area contributed by atoms with Gasteiger partial charge in [0.2, 0.25) is 0 Å². The third-order valence-corrected chi connectivity index (χ3v) is 1.21. The molecule has 0 fully saturated rings. The SMILES string of the molecule is O=C(F)CNc1ccccc1. The van der Waals surface area contributed by atoms with Gasteiger partial charge in [-0.05, 0) is 12.1 Å². The first-order valence-corrected chi connectivity index (χ1v) is 3.26. The van der Waals surface area contributed by atoms with Gasteiger partial charge in [0.15, 0.2) is 0 Å². The van der Waals surface area contributed by atoms with Gasteiger partial charge in [0.25, 0.3) is 0 Å². The highest BCUT2D eigenvalue weighted by molar-refractivity contribution is 5.73. The van der Waals surface area contributed by atoms with Gasteiger partial charge in [-0.3, -0.25) is 4.79 Å². The second kappa shape index (κ2) is 3.71. The molecular weight excluding hydrogens is 145 g/mol. The zero-order chi connectivity index (χ0) is 8.10. The fraction of sp³-hybridized carbons (Fsp3) is 0.125. The molecule has 2 nitrogen and oxygen atoms in total. The van der Waals surface area contributed by atoms with Crippen LogP contribution in [0.2, 0.25) is 0 Å². The molecule has 0 atom stereocenters. The topological polar surface area (TPSA) is 29.1 Å². The van der Waals surface area contributed by atoms with Crippen molar-refractivity contribution in [2.75, 3.05) is 11.9 Å². The zero-order valence-corrected chi connectivity index (χ0v) is 5.88. The van der Waals surface area contributed by atoms with Gasteiger partial charge in [-0.2, -0.15) is 4.39 Å². The van der Waals surface area contributed by atoms with E-state index in [0.29, 0.717) is 0 Å². The van der Waals surface area contributed by atoms with Crippen LogP contribution in [-0.4, -0.2) is 12.6 Å². The summed E-state index contributed by atoms with van der Waals surface area (Å²) < 4.78 is 11.7. The molecule has 1 rings (SSSR count). The molecule has 0 bridgehead atoms. The standard InChI is InChI=1S/C8H8FNO/c9-8(11)6-10-7-4-2-1-3-5-7/h1-5,10H,6H2. The Kier molecular flexibility index (Phi) is 2.60. The van der Waals surface area contributed by atoms with Gasteiger partial charge >= 0.3 is 6.04 Å². The van der Waals surface area contributed by atoms with Gasteiger partial charge in [0, 0.05) is 5.69 Å². The van der Waals surface area contributed by atoms with Crippen molar-refractivity contribution in [1.82, 2.24) is 0 Å². The molecule has 11 heavy (non-hydrogen) atoms. The average Bonchev–Trinajstić information content (AvgIpc) is 2.03. The maximum atomic E-state index is 11.7. The summed E-state index contributed by atoms with van der Waals surface area (Å²) in [5.41, 5.74) is 0.749. The van der Waals surface area contributed by atoms with Crippen molar-refractivity contribution in [1.29, 1.82) is 0 Å². The van der Waals surface area contributed by atoms with Crippen LogP contribution in [0.5, 0.6) is 0 Å². The Morgan fingerprint density at radius 3 is 2.55 bits per heavy atom. The van der Waals surface area contributed by atoms with Gasteiger partial charge in [-0.25, -0.2) is 0 Å².